The molecule has 0 spiro atoms. The molecule has 0 aromatic heterocycles. The lowest BCUT2D eigenvalue weighted by atomic mass is 10.1. The fraction of sp³-hybridized carbons (Fsp3) is 0.923. The first-order valence-electron chi connectivity index (χ1n) is 6.67. The van der Waals surface area contributed by atoms with Crippen molar-refractivity contribution < 1.29 is 4.79 Å². The van der Waals surface area contributed by atoms with Crippen LogP contribution in [0.25, 0.3) is 0 Å². The van der Waals surface area contributed by atoms with Crippen LogP contribution in [0.5, 0.6) is 0 Å². The summed E-state index contributed by atoms with van der Waals surface area (Å²) in [5.74, 6) is 0.727. The van der Waals surface area contributed by atoms with Crippen molar-refractivity contribution in [2.75, 3.05) is 26.2 Å². The molecule has 16 heavy (non-hydrogen) atoms. The molecule has 0 aliphatic carbocycles. The van der Waals surface area contributed by atoms with E-state index < -0.39 is 0 Å². The van der Waals surface area contributed by atoms with Crippen LogP contribution in [-0.4, -0.2) is 37.0 Å². The van der Waals surface area contributed by atoms with Gasteiger partial charge >= 0.3 is 0 Å². The monoisotopic (exact) mass is 226 g/mol. The standard InChI is InChI=1S/C13H26N2O/c1-12(2)10-14-13(16)11-15-8-6-4-3-5-7-9-15/h12H,3-11H2,1-2H3,(H,14,16). The highest BCUT2D eigenvalue weighted by atomic mass is 16.2. The van der Waals surface area contributed by atoms with Gasteiger partial charge in [-0.05, 0) is 31.8 Å². The lowest BCUT2D eigenvalue weighted by molar-refractivity contribution is -0.122. The largest absolute Gasteiger partial charge is 0.355 e. The predicted octanol–water partition coefficient (Wildman–Crippen LogP) is 2.02. The summed E-state index contributed by atoms with van der Waals surface area (Å²) in [4.78, 5) is 14.0. The summed E-state index contributed by atoms with van der Waals surface area (Å²) < 4.78 is 0. The highest BCUT2D eigenvalue weighted by Gasteiger charge is 2.11. The van der Waals surface area contributed by atoms with Crippen molar-refractivity contribution in [3.05, 3.63) is 0 Å². The van der Waals surface area contributed by atoms with Crippen LogP contribution >= 0.6 is 0 Å². The van der Waals surface area contributed by atoms with E-state index in [1.807, 2.05) is 0 Å². The van der Waals surface area contributed by atoms with Gasteiger partial charge in [0.25, 0.3) is 0 Å². The molecule has 1 amide bonds. The number of carbonyl (C=O) groups is 1. The minimum Gasteiger partial charge on any atom is -0.355 e. The average Bonchev–Trinajstić information content (AvgIpc) is 2.19. The lowest BCUT2D eigenvalue weighted by Crippen LogP contribution is -2.39. The van der Waals surface area contributed by atoms with Crippen LogP contribution in [0.1, 0.15) is 46.0 Å². The third-order valence-electron chi connectivity index (χ3n) is 3.02. The molecule has 0 unspecified atom stereocenters. The van der Waals surface area contributed by atoms with E-state index in [9.17, 15) is 4.79 Å². The van der Waals surface area contributed by atoms with E-state index in [1.165, 1.54) is 32.1 Å². The van der Waals surface area contributed by atoms with Gasteiger partial charge < -0.3 is 5.32 Å². The minimum atomic E-state index is 0.189. The fourth-order valence-corrected chi connectivity index (χ4v) is 2.05. The highest BCUT2D eigenvalue weighted by molar-refractivity contribution is 5.77. The Morgan fingerprint density at radius 2 is 1.69 bits per heavy atom. The molecule has 1 rings (SSSR count). The zero-order valence-corrected chi connectivity index (χ0v) is 10.8. The Morgan fingerprint density at radius 1 is 1.12 bits per heavy atom. The van der Waals surface area contributed by atoms with E-state index in [-0.39, 0.29) is 5.91 Å². The number of nitrogens with zero attached hydrogens (tertiary/aromatic N) is 1. The molecule has 1 aliphatic heterocycles. The van der Waals surface area contributed by atoms with Gasteiger partial charge in [0.15, 0.2) is 0 Å². The van der Waals surface area contributed by atoms with Gasteiger partial charge in [0.05, 0.1) is 6.54 Å². The first-order valence-corrected chi connectivity index (χ1v) is 6.67. The van der Waals surface area contributed by atoms with Crippen LogP contribution in [-0.2, 0) is 4.79 Å². The van der Waals surface area contributed by atoms with E-state index in [0.29, 0.717) is 12.5 Å². The van der Waals surface area contributed by atoms with Crippen molar-refractivity contribution in [2.45, 2.75) is 46.0 Å². The van der Waals surface area contributed by atoms with Crippen molar-refractivity contribution in [3.8, 4) is 0 Å². The molecular formula is C13H26N2O. The molecule has 0 saturated carbocycles. The molecule has 1 aliphatic rings. The first-order chi connectivity index (χ1) is 7.68. The lowest BCUT2D eigenvalue weighted by Gasteiger charge is -2.23. The number of amides is 1. The van der Waals surface area contributed by atoms with E-state index in [2.05, 4.69) is 24.1 Å². The summed E-state index contributed by atoms with van der Waals surface area (Å²) in [6.07, 6.45) is 6.51. The molecule has 1 heterocycles. The van der Waals surface area contributed by atoms with Crippen molar-refractivity contribution in [2.24, 2.45) is 5.92 Å². The number of likely N-dealkylation sites (tertiary alicyclic amines) is 1. The number of carbonyl (C=O) groups excluding carboxylic acids is 1. The van der Waals surface area contributed by atoms with E-state index in [4.69, 9.17) is 0 Å². The summed E-state index contributed by atoms with van der Waals surface area (Å²) in [6, 6.07) is 0. The van der Waals surface area contributed by atoms with Crippen molar-refractivity contribution >= 4 is 5.91 Å². The molecule has 0 aromatic carbocycles. The Balaban J connectivity index is 2.19. The number of hydrogen-bond donors (Lipinski definition) is 1. The molecule has 1 fully saturated rings. The van der Waals surface area contributed by atoms with Crippen LogP contribution in [0.3, 0.4) is 0 Å². The van der Waals surface area contributed by atoms with Crippen molar-refractivity contribution in [1.29, 1.82) is 0 Å². The number of hydrogen-bond acceptors (Lipinski definition) is 2. The number of rotatable bonds is 4. The molecule has 94 valence electrons. The second-order valence-corrected chi connectivity index (χ2v) is 5.24. The van der Waals surface area contributed by atoms with Gasteiger partial charge in [-0.15, -0.1) is 0 Å². The predicted molar refractivity (Wildman–Crippen MR) is 67.4 cm³/mol. The second-order valence-electron chi connectivity index (χ2n) is 5.24. The van der Waals surface area contributed by atoms with Gasteiger partial charge in [-0.25, -0.2) is 0 Å². The first kappa shape index (κ1) is 13.5. The molecule has 3 heteroatoms. The van der Waals surface area contributed by atoms with Gasteiger partial charge in [0.2, 0.25) is 5.91 Å². The van der Waals surface area contributed by atoms with Crippen LogP contribution in [0.15, 0.2) is 0 Å². The van der Waals surface area contributed by atoms with Gasteiger partial charge in [-0.2, -0.15) is 0 Å². The minimum absolute atomic E-state index is 0.189. The van der Waals surface area contributed by atoms with E-state index in [1.54, 1.807) is 0 Å². The maximum Gasteiger partial charge on any atom is 0.234 e. The molecule has 0 radical (unpaired) electrons. The summed E-state index contributed by atoms with van der Waals surface area (Å²) in [5, 5.41) is 2.98. The zero-order chi connectivity index (χ0) is 11.8. The zero-order valence-electron chi connectivity index (χ0n) is 10.8. The van der Waals surface area contributed by atoms with Crippen molar-refractivity contribution in [1.82, 2.24) is 10.2 Å². The molecule has 0 bridgehead atoms. The normalized spacial score (nSPS) is 19.2. The molecule has 0 atom stereocenters. The van der Waals surface area contributed by atoms with E-state index >= 15 is 0 Å². The van der Waals surface area contributed by atoms with Gasteiger partial charge in [0, 0.05) is 6.54 Å². The summed E-state index contributed by atoms with van der Waals surface area (Å²) >= 11 is 0. The van der Waals surface area contributed by atoms with Crippen LogP contribution < -0.4 is 5.32 Å². The molecule has 1 N–H and O–H groups in total. The average molecular weight is 226 g/mol. The van der Waals surface area contributed by atoms with Gasteiger partial charge in [-0.1, -0.05) is 33.1 Å². The molecular weight excluding hydrogens is 200 g/mol. The molecule has 1 saturated heterocycles. The summed E-state index contributed by atoms with van der Waals surface area (Å²) in [7, 11) is 0. The molecule has 0 aromatic rings. The Kier molecular flexibility index (Phi) is 6.46. The van der Waals surface area contributed by atoms with Gasteiger partial charge in [-0.3, -0.25) is 9.69 Å². The van der Waals surface area contributed by atoms with Crippen LogP contribution in [0.2, 0.25) is 0 Å². The maximum absolute atomic E-state index is 11.7. The molecule has 3 nitrogen and oxygen atoms in total. The topological polar surface area (TPSA) is 32.3 Å². The number of nitrogens with one attached hydrogen (secondary N) is 1. The summed E-state index contributed by atoms with van der Waals surface area (Å²) in [5.41, 5.74) is 0. The Labute approximate surface area is 99.6 Å². The quantitative estimate of drug-likeness (QED) is 0.795. The Hall–Kier alpha value is -0.570. The second kappa shape index (κ2) is 7.66. The van der Waals surface area contributed by atoms with Gasteiger partial charge in [0.1, 0.15) is 0 Å². The fourth-order valence-electron chi connectivity index (χ4n) is 2.05. The highest BCUT2D eigenvalue weighted by Crippen LogP contribution is 2.09. The Bertz CT molecular complexity index is 196. The SMILES string of the molecule is CC(C)CNC(=O)CN1CCCCCCC1. The summed E-state index contributed by atoms with van der Waals surface area (Å²) in [6.45, 7) is 7.82. The maximum atomic E-state index is 11.7. The third kappa shape index (κ3) is 6.11. The Morgan fingerprint density at radius 3 is 2.25 bits per heavy atom. The van der Waals surface area contributed by atoms with Crippen LogP contribution in [0, 0.1) is 5.92 Å². The van der Waals surface area contributed by atoms with Crippen molar-refractivity contribution in [3.63, 3.8) is 0 Å². The smallest absolute Gasteiger partial charge is 0.234 e. The van der Waals surface area contributed by atoms with E-state index in [0.717, 1.165) is 19.6 Å². The third-order valence-corrected chi connectivity index (χ3v) is 3.02. The van der Waals surface area contributed by atoms with Crippen LogP contribution in [0.4, 0.5) is 0 Å².